The van der Waals surface area contributed by atoms with Gasteiger partial charge >= 0.3 is 0 Å². The van der Waals surface area contributed by atoms with Crippen LogP contribution in [0.25, 0.3) is 22.5 Å². The molecule has 5 nitrogen and oxygen atoms in total. The highest BCUT2D eigenvalue weighted by Gasteiger charge is 2.11. The number of hydrogen-bond donors (Lipinski definition) is 1. The zero-order valence-electron chi connectivity index (χ0n) is 17.5. The molecule has 0 atom stereocenters. The number of nitrogens with one attached hydrogen (secondary N) is 1. The summed E-state index contributed by atoms with van der Waals surface area (Å²) in [7, 11) is 0. The van der Waals surface area contributed by atoms with Crippen molar-refractivity contribution in [2.75, 3.05) is 0 Å². The molecule has 0 aliphatic rings. The summed E-state index contributed by atoms with van der Waals surface area (Å²) in [6.07, 6.45) is 4.81. The maximum atomic E-state index is 12.2. The van der Waals surface area contributed by atoms with Gasteiger partial charge in [-0.05, 0) is 36.6 Å². The lowest BCUT2D eigenvalue weighted by molar-refractivity contribution is -0.121. The van der Waals surface area contributed by atoms with Crippen molar-refractivity contribution in [2.24, 2.45) is 0 Å². The van der Waals surface area contributed by atoms with Crippen molar-refractivity contribution in [3.63, 3.8) is 0 Å². The third kappa shape index (κ3) is 5.39. The van der Waals surface area contributed by atoms with Crippen LogP contribution in [0, 0.1) is 6.92 Å². The SMILES string of the molecule is Cc1ncc(-c2ccccn2)c(-c2ccc(CNC(=O)CCc3ccccc3)cc2)n1. The number of nitrogens with zero attached hydrogens (tertiary/aromatic N) is 3. The monoisotopic (exact) mass is 408 g/mol. The van der Waals surface area contributed by atoms with Gasteiger partial charge in [0.15, 0.2) is 0 Å². The first-order chi connectivity index (χ1) is 15.2. The van der Waals surface area contributed by atoms with Crippen LogP contribution >= 0.6 is 0 Å². The van der Waals surface area contributed by atoms with E-state index < -0.39 is 0 Å². The van der Waals surface area contributed by atoms with E-state index in [0.29, 0.717) is 18.8 Å². The Morgan fingerprint density at radius 3 is 2.39 bits per heavy atom. The summed E-state index contributed by atoms with van der Waals surface area (Å²) in [5.74, 6) is 0.765. The molecule has 0 saturated carbocycles. The highest BCUT2D eigenvalue weighted by Crippen LogP contribution is 2.28. The van der Waals surface area contributed by atoms with E-state index >= 15 is 0 Å². The lowest BCUT2D eigenvalue weighted by atomic mass is 10.0. The van der Waals surface area contributed by atoms with Gasteiger partial charge in [-0.15, -0.1) is 0 Å². The van der Waals surface area contributed by atoms with Crippen molar-refractivity contribution in [3.05, 3.63) is 102 Å². The van der Waals surface area contributed by atoms with Crippen molar-refractivity contribution < 1.29 is 4.79 Å². The van der Waals surface area contributed by atoms with Crippen LogP contribution < -0.4 is 5.32 Å². The first kappa shape index (κ1) is 20.4. The lowest BCUT2D eigenvalue weighted by Gasteiger charge is -2.10. The Morgan fingerprint density at radius 2 is 1.65 bits per heavy atom. The van der Waals surface area contributed by atoms with Gasteiger partial charge in [-0.2, -0.15) is 0 Å². The average Bonchev–Trinajstić information content (AvgIpc) is 2.83. The van der Waals surface area contributed by atoms with Gasteiger partial charge < -0.3 is 5.32 Å². The molecule has 0 radical (unpaired) electrons. The third-order valence-corrected chi connectivity index (χ3v) is 5.05. The Kier molecular flexibility index (Phi) is 6.43. The molecule has 0 unspecified atom stereocenters. The molecule has 2 aromatic heterocycles. The molecule has 0 spiro atoms. The van der Waals surface area contributed by atoms with E-state index in [4.69, 9.17) is 0 Å². The van der Waals surface area contributed by atoms with Crippen molar-refractivity contribution in [1.29, 1.82) is 0 Å². The average molecular weight is 409 g/mol. The van der Waals surface area contributed by atoms with Crippen LogP contribution in [0.4, 0.5) is 0 Å². The minimum absolute atomic E-state index is 0.0526. The molecule has 31 heavy (non-hydrogen) atoms. The quantitative estimate of drug-likeness (QED) is 0.479. The van der Waals surface area contributed by atoms with E-state index in [-0.39, 0.29) is 5.91 Å². The molecule has 2 aromatic carbocycles. The number of hydrogen-bond acceptors (Lipinski definition) is 4. The predicted molar refractivity (Wildman–Crippen MR) is 122 cm³/mol. The minimum atomic E-state index is 0.0526. The summed E-state index contributed by atoms with van der Waals surface area (Å²) in [6.45, 7) is 2.38. The molecule has 0 aliphatic heterocycles. The number of benzene rings is 2. The number of carbonyl (C=O) groups is 1. The molecule has 0 saturated heterocycles. The predicted octanol–water partition coefficient (Wildman–Crippen LogP) is 4.76. The zero-order chi connectivity index (χ0) is 21.5. The Morgan fingerprint density at radius 1 is 0.871 bits per heavy atom. The van der Waals surface area contributed by atoms with Crippen LogP contribution in [0.3, 0.4) is 0 Å². The van der Waals surface area contributed by atoms with E-state index in [1.807, 2.05) is 85.9 Å². The van der Waals surface area contributed by atoms with Crippen LogP contribution in [0.15, 0.2) is 85.2 Å². The van der Waals surface area contributed by atoms with E-state index in [0.717, 1.165) is 34.5 Å². The number of rotatable bonds is 7. The Bertz CT molecular complexity index is 1140. The summed E-state index contributed by atoms with van der Waals surface area (Å²) in [6, 6.07) is 23.9. The molecular formula is C26H24N4O. The lowest BCUT2D eigenvalue weighted by Crippen LogP contribution is -2.22. The van der Waals surface area contributed by atoms with Gasteiger partial charge in [0.2, 0.25) is 5.91 Å². The van der Waals surface area contributed by atoms with Gasteiger partial charge in [0.1, 0.15) is 5.82 Å². The zero-order valence-corrected chi connectivity index (χ0v) is 17.5. The van der Waals surface area contributed by atoms with Gasteiger partial charge in [0.25, 0.3) is 0 Å². The molecule has 154 valence electrons. The molecule has 4 aromatic rings. The highest BCUT2D eigenvalue weighted by atomic mass is 16.1. The second kappa shape index (κ2) is 9.76. The van der Waals surface area contributed by atoms with Crippen molar-refractivity contribution in [1.82, 2.24) is 20.3 Å². The molecule has 0 bridgehead atoms. The summed E-state index contributed by atoms with van der Waals surface area (Å²) in [4.78, 5) is 25.6. The van der Waals surface area contributed by atoms with Gasteiger partial charge in [-0.3, -0.25) is 9.78 Å². The van der Waals surface area contributed by atoms with E-state index in [2.05, 4.69) is 20.3 Å². The smallest absolute Gasteiger partial charge is 0.220 e. The van der Waals surface area contributed by atoms with Crippen molar-refractivity contribution >= 4 is 5.91 Å². The molecule has 1 N–H and O–H groups in total. The molecular weight excluding hydrogens is 384 g/mol. The van der Waals surface area contributed by atoms with Gasteiger partial charge in [-0.25, -0.2) is 9.97 Å². The molecule has 4 rings (SSSR count). The summed E-state index contributed by atoms with van der Waals surface area (Å²) in [5.41, 5.74) is 5.79. The van der Waals surface area contributed by atoms with Crippen LogP contribution in [0.2, 0.25) is 0 Å². The number of aryl methyl sites for hydroxylation is 2. The fourth-order valence-electron chi connectivity index (χ4n) is 3.37. The molecule has 2 heterocycles. The minimum Gasteiger partial charge on any atom is -0.352 e. The van der Waals surface area contributed by atoms with Gasteiger partial charge in [0.05, 0.1) is 11.4 Å². The second-order valence-corrected chi connectivity index (χ2v) is 7.35. The fraction of sp³-hybridized carbons (Fsp3) is 0.154. The first-order valence-electron chi connectivity index (χ1n) is 10.3. The van der Waals surface area contributed by atoms with Gasteiger partial charge in [0, 0.05) is 36.5 Å². The largest absolute Gasteiger partial charge is 0.352 e. The Hall–Kier alpha value is -3.86. The standard InChI is InChI=1S/C26H24N4O/c1-19-28-18-23(24-9-5-6-16-27-24)26(30-19)22-13-10-21(11-14-22)17-29-25(31)15-12-20-7-3-2-4-8-20/h2-11,13-14,16,18H,12,15,17H2,1H3,(H,29,31). The van der Waals surface area contributed by atoms with Crippen LogP contribution in [0.1, 0.15) is 23.4 Å². The van der Waals surface area contributed by atoms with Crippen LogP contribution in [0.5, 0.6) is 0 Å². The van der Waals surface area contributed by atoms with Crippen molar-refractivity contribution in [3.8, 4) is 22.5 Å². The normalized spacial score (nSPS) is 10.6. The topological polar surface area (TPSA) is 67.8 Å². The van der Waals surface area contributed by atoms with Crippen LogP contribution in [-0.4, -0.2) is 20.9 Å². The van der Waals surface area contributed by atoms with E-state index in [1.165, 1.54) is 5.56 Å². The maximum Gasteiger partial charge on any atom is 0.220 e. The number of pyridine rings is 1. The number of amides is 1. The number of aromatic nitrogens is 3. The van der Waals surface area contributed by atoms with E-state index in [9.17, 15) is 4.79 Å². The first-order valence-corrected chi connectivity index (χ1v) is 10.3. The van der Waals surface area contributed by atoms with Crippen molar-refractivity contribution in [2.45, 2.75) is 26.3 Å². The highest BCUT2D eigenvalue weighted by molar-refractivity contribution is 5.78. The molecule has 1 amide bonds. The second-order valence-electron chi connectivity index (χ2n) is 7.35. The molecule has 0 aliphatic carbocycles. The molecule has 5 heteroatoms. The third-order valence-electron chi connectivity index (χ3n) is 5.05. The summed E-state index contributed by atoms with van der Waals surface area (Å²) >= 11 is 0. The Labute approximate surface area is 182 Å². The summed E-state index contributed by atoms with van der Waals surface area (Å²) < 4.78 is 0. The maximum absolute atomic E-state index is 12.2. The number of carbonyl (C=O) groups excluding carboxylic acids is 1. The van der Waals surface area contributed by atoms with E-state index in [1.54, 1.807) is 6.20 Å². The summed E-state index contributed by atoms with van der Waals surface area (Å²) in [5, 5.41) is 3.00. The molecule has 0 fully saturated rings. The van der Waals surface area contributed by atoms with Gasteiger partial charge in [-0.1, -0.05) is 60.7 Å². The fourth-order valence-corrected chi connectivity index (χ4v) is 3.37. The Balaban J connectivity index is 1.42. The van der Waals surface area contributed by atoms with Crippen LogP contribution in [-0.2, 0) is 17.8 Å².